The highest BCUT2D eigenvalue weighted by Gasteiger charge is 2.24. The van der Waals surface area contributed by atoms with Gasteiger partial charge in [-0.25, -0.2) is 0 Å². The third-order valence-corrected chi connectivity index (χ3v) is 5.11. The number of rotatable bonds is 7. The first kappa shape index (κ1) is 18.7. The van der Waals surface area contributed by atoms with Crippen LogP contribution in [0.2, 0.25) is 0 Å². The summed E-state index contributed by atoms with van der Waals surface area (Å²) in [6, 6.07) is 12.7. The lowest BCUT2D eigenvalue weighted by molar-refractivity contribution is -0.121. The number of hydrogen-bond acceptors (Lipinski definition) is 4. The fourth-order valence-electron chi connectivity index (χ4n) is 3.37. The van der Waals surface area contributed by atoms with Crippen LogP contribution in [0, 0.1) is 6.92 Å². The van der Waals surface area contributed by atoms with Gasteiger partial charge in [0.25, 0.3) is 0 Å². The Hall–Kier alpha value is -2.11. The largest absolute Gasteiger partial charge is 0.469 e. The number of amides is 1. The van der Waals surface area contributed by atoms with E-state index in [4.69, 9.17) is 4.42 Å². The molecule has 2 heterocycles. The van der Waals surface area contributed by atoms with E-state index in [1.807, 2.05) is 12.1 Å². The van der Waals surface area contributed by atoms with E-state index in [0.29, 0.717) is 19.4 Å². The fourth-order valence-corrected chi connectivity index (χ4v) is 3.37. The van der Waals surface area contributed by atoms with Gasteiger partial charge in [0.05, 0.1) is 12.3 Å². The van der Waals surface area contributed by atoms with Crippen molar-refractivity contribution in [1.29, 1.82) is 0 Å². The van der Waals surface area contributed by atoms with Gasteiger partial charge in [-0.2, -0.15) is 0 Å². The molecule has 140 valence electrons. The Morgan fingerprint density at radius 3 is 2.54 bits per heavy atom. The maximum absolute atomic E-state index is 12.3. The molecule has 1 aliphatic heterocycles. The Bertz CT molecular complexity index is 674. The first-order valence-electron chi connectivity index (χ1n) is 9.40. The van der Waals surface area contributed by atoms with E-state index in [0.717, 1.165) is 31.9 Å². The molecule has 0 radical (unpaired) electrons. The third kappa shape index (κ3) is 5.19. The van der Waals surface area contributed by atoms with Crippen molar-refractivity contribution < 1.29 is 9.21 Å². The van der Waals surface area contributed by atoms with Crippen LogP contribution in [0.1, 0.15) is 29.3 Å². The molecule has 1 aromatic carbocycles. The number of nitrogens with zero attached hydrogens (tertiary/aromatic N) is 2. The summed E-state index contributed by atoms with van der Waals surface area (Å²) in [6.07, 6.45) is 2.74. The van der Waals surface area contributed by atoms with Crippen molar-refractivity contribution in [1.82, 2.24) is 15.1 Å². The van der Waals surface area contributed by atoms with Crippen LogP contribution in [0.15, 0.2) is 47.1 Å². The highest BCUT2D eigenvalue weighted by atomic mass is 16.3. The number of aryl methyl sites for hydroxylation is 2. The van der Waals surface area contributed by atoms with E-state index in [1.165, 1.54) is 11.1 Å². The number of carbonyl (C=O) groups excluding carboxylic acids is 1. The Labute approximate surface area is 156 Å². The average Bonchev–Trinajstić information content (AvgIpc) is 3.16. The Kier molecular flexibility index (Phi) is 6.47. The number of piperazine rings is 1. The maximum atomic E-state index is 12.3. The zero-order chi connectivity index (χ0) is 18.4. The molecule has 1 N–H and O–H groups in total. The summed E-state index contributed by atoms with van der Waals surface area (Å²) in [5, 5.41) is 3.13. The summed E-state index contributed by atoms with van der Waals surface area (Å²) in [4.78, 5) is 17.1. The molecular formula is C21H29N3O2. The van der Waals surface area contributed by atoms with Gasteiger partial charge in [-0.15, -0.1) is 0 Å². The SMILES string of the molecule is Cc1ccc(C(CNC(=O)CCc2ccco2)N2CCN(C)CC2)cc1. The fraction of sp³-hybridized carbons (Fsp3) is 0.476. The molecule has 26 heavy (non-hydrogen) atoms. The number of carbonyl (C=O) groups is 1. The van der Waals surface area contributed by atoms with Gasteiger partial charge in [-0.05, 0) is 31.7 Å². The first-order valence-corrected chi connectivity index (χ1v) is 9.40. The molecule has 1 aromatic heterocycles. The topological polar surface area (TPSA) is 48.7 Å². The number of nitrogens with one attached hydrogen (secondary N) is 1. The smallest absolute Gasteiger partial charge is 0.220 e. The van der Waals surface area contributed by atoms with Crippen LogP contribution in [0.4, 0.5) is 0 Å². The minimum absolute atomic E-state index is 0.0765. The molecule has 1 atom stereocenters. The first-order chi connectivity index (χ1) is 12.6. The zero-order valence-electron chi connectivity index (χ0n) is 15.8. The third-order valence-electron chi connectivity index (χ3n) is 5.11. The summed E-state index contributed by atoms with van der Waals surface area (Å²) < 4.78 is 5.30. The van der Waals surface area contributed by atoms with Crippen molar-refractivity contribution in [3.05, 3.63) is 59.5 Å². The summed E-state index contributed by atoms with van der Waals surface area (Å²) in [5.74, 6) is 0.932. The van der Waals surface area contributed by atoms with E-state index >= 15 is 0 Å². The predicted octanol–water partition coefficient (Wildman–Crippen LogP) is 2.63. The van der Waals surface area contributed by atoms with Crippen molar-refractivity contribution in [3.63, 3.8) is 0 Å². The molecule has 1 amide bonds. The molecule has 0 saturated carbocycles. The van der Waals surface area contributed by atoms with Gasteiger partial charge in [0.15, 0.2) is 0 Å². The summed E-state index contributed by atoms with van der Waals surface area (Å²) >= 11 is 0. The highest BCUT2D eigenvalue weighted by Crippen LogP contribution is 2.22. The molecule has 1 aliphatic rings. The van der Waals surface area contributed by atoms with Gasteiger partial charge < -0.3 is 14.6 Å². The highest BCUT2D eigenvalue weighted by molar-refractivity contribution is 5.76. The molecule has 3 rings (SSSR count). The van der Waals surface area contributed by atoms with Gasteiger partial charge in [-0.3, -0.25) is 9.69 Å². The van der Waals surface area contributed by atoms with Crippen LogP contribution in [-0.2, 0) is 11.2 Å². The van der Waals surface area contributed by atoms with E-state index in [9.17, 15) is 4.79 Å². The van der Waals surface area contributed by atoms with E-state index in [-0.39, 0.29) is 11.9 Å². The van der Waals surface area contributed by atoms with Gasteiger partial charge in [0.2, 0.25) is 5.91 Å². The van der Waals surface area contributed by atoms with E-state index in [2.05, 4.69) is 53.4 Å². The lowest BCUT2D eigenvalue weighted by atomic mass is 10.0. The molecule has 0 spiro atoms. The molecule has 5 heteroatoms. The maximum Gasteiger partial charge on any atom is 0.220 e. The van der Waals surface area contributed by atoms with Crippen molar-refractivity contribution in [2.24, 2.45) is 0 Å². The van der Waals surface area contributed by atoms with Crippen LogP contribution in [0.3, 0.4) is 0 Å². The lowest BCUT2D eigenvalue weighted by Crippen LogP contribution is -2.48. The van der Waals surface area contributed by atoms with Crippen LogP contribution >= 0.6 is 0 Å². The van der Waals surface area contributed by atoms with Gasteiger partial charge in [-0.1, -0.05) is 29.8 Å². The lowest BCUT2D eigenvalue weighted by Gasteiger charge is -2.38. The predicted molar refractivity (Wildman–Crippen MR) is 103 cm³/mol. The van der Waals surface area contributed by atoms with E-state index in [1.54, 1.807) is 6.26 Å². The second kappa shape index (κ2) is 9.01. The van der Waals surface area contributed by atoms with Gasteiger partial charge >= 0.3 is 0 Å². The van der Waals surface area contributed by atoms with Crippen LogP contribution in [0.5, 0.6) is 0 Å². The molecule has 1 unspecified atom stereocenters. The van der Waals surface area contributed by atoms with Crippen molar-refractivity contribution in [2.45, 2.75) is 25.8 Å². The zero-order valence-corrected chi connectivity index (χ0v) is 15.8. The summed E-state index contributed by atoms with van der Waals surface area (Å²) in [5.41, 5.74) is 2.53. The molecule has 0 bridgehead atoms. The molecule has 1 fully saturated rings. The van der Waals surface area contributed by atoms with Crippen molar-refractivity contribution in [3.8, 4) is 0 Å². The molecule has 0 aliphatic carbocycles. The Morgan fingerprint density at radius 2 is 1.88 bits per heavy atom. The minimum atomic E-state index is 0.0765. The Balaban J connectivity index is 1.59. The van der Waals surface area contributed by atoms with Gasteiger partial charge in [0.1, 0.15) is 5.76 Å². The normalized spacial score (nSPS) is 17.2. The monoisotopic (exact) mass is 355 g/mol. The minimum Gasteiger partial charge on any atom is -0.469 e. The average molecular weight is 355 g/mol. The van der Waals surface area contributed by atoms with Crippen LogP contribution in [0.25, 0.3) is 0 Å². The number of benzene rings is 1. The molecule has 2 aromatic rings. The van der Waals surface area contributed by atoms with E-state index < -0.39 is 0 Å². The number of likely N-dealkylation sites (N-methyl/N-ethyl adjacent to an activating group) is 1. The standard InChI is InChI=1S/C21H29N3O2/c1-17-5-7-18(8-6-17)20(24-13-11-23(2)12-14-24)16-22-21(25)10-9-19-4-3-15-26-19/h3-8,15,20H,9-14,16H2,1-2H3,(H,22,25). The molecular weight excluding hydrogens is 326 g/mol. The quantitative estimate of drug-likeness (QED) is 0.829. The van der Waals surface area contributed by atoms with Crippen molar-refractivity contribution in [2.75, 3.05) is 39.8 Å². The Morgan fingerprint density at radius 1 is 1.15 bits per heavy atom. The van der Waals surface area contributed by atoms with Crippen LogP contribution < -0.4 is 5.32 Å². The second-order valence-electron chi connectivity index (χ2n) is 7.15. The summed E-state index contributed by atoms with van der Waals surface area (Å²) in [6.45, 7) is 6.92. The molecule has 5 nitrogen and oxygen atoms in total. The number of furan rings is 1. The second-order valence-corrected chi connectivity index (χ2v) is 7.15. The molecule has 1 saturated heterocycles. The number of hydrogen-bond donors (Lipinski definition) is 1. The summed E-state index contributed by atoms with van der Waals surface area (Å²) in [7, 11) is 2.16. The van der Waals surface area contributed by atoms with Gasteiger partial charge in [0, 0.05) is 45.6 Å². The van der Waals surface area contributed by atoms with Crippen LogP contribution in [-0.4, -0.2) is 55.5 Å². The van der Waals surface area contributed by atoms with Crippen molar-refractivity contribution >= 4 is 5.91 Å².